The highest BCUT2D eigenvalue weighted by Crippen LogP contribution is 2.27. The highest BCUT2D eigenvalue weighted by molar-refractivity contribution is 7.99. The van der Waals surface area contributed by atoms with Crippen molar-refractivity contribution in [3.05, 3.63) is 69.2 Å². The summed E-state index contributed by atoms with van der Waals surface area (Å²) in [6, 6.07) is 13.4. The van der Waals surface area contributed by atoms with E-state index in [1.807, 2.05) is 37.3 Å². The fraction of sp³-hybridized carbons (Fsp3) is 0.150. The van der Waals surface area contributed by atoms with Crippen molar-refractivity contribution in [1.82, 2.24) is 4.98 Å². The van der Waals surface area contributed by atoms with Crippen LogP contribution in [0.1, 0.15) is 5.56 Å². The monoisotopic (exact) mass is 445 g/mol. The number of ether oxygens (including phenoxy) is 1. The highest BCUT2D eigenvalue weighted by Gasteiger charge is 2.17. The van der Waals surface area contributed by atoms with Gasteiger partial charge in [-0.2, -0.15) is 0 Å². The van der Waals surface area contributed by atoms with Crippen molar-refractivity contribution in [2.24, 2.45) is 0 Å². The number of thioether (sulfide) groups is 1. The first-order valence-electron chi connectivity index (χ1n) is 8.72. The lowest BCUT2D eigenvalue weighted by molar-refractivity contribution is -0.383. The Bertz CT molecular complexity index is 1140. The van der Waals surface area contributed by atoms with Gasteiger partial charge in [0.2, 0.25) is 0 Å². The van der Waals surface area contributed by atoms with E-state index in [0.717, 1.165) is 22.5 Å². The van der Waals surface area contributed by atoms with Crippen molar-refractivity contribution in [1.29, 1.82) is 0 Å². The number of aryl methyl sites for hydroxylation is 1. The summed E-state index contributed by atoms with van der Waals surface area (Å²) in [5, 5.41) is 15.3. The third-order valence-corrected chi connectivity index (χ3v) is 5.15. The first-order valence-corrected chi connectivity index (χ1v) is 10.1. The Labute approximate surface area is 180 Å². The maximum atomic E-state index is 12.0. The maximum absolute atomic E-state index is 12.0. The summed E-state index contributed by atoms with van der Waals surface area (Å²) in [5.41, 5.74) is 1.49. The molecule has 154 valence electrons. The van der Waals surface area contributed by atoms with Crippen LogP contribution in [0.4, 0.5) is 11.4 Å². The molecule has 10 heteroatoms. The number of carbonyl (C=O) groups is 2. The Morgan fingerprint density at radius 2 is 2.00 bits per heavy atom. The topological polar surface area (TPSA) is 111 Å². The number of halogens is 1. The third kappa shape index (κ3) is 5.46. The van der Waals surface area contributed by atoms with E-state index in [9.17, 15) is 19.7 Å². The lowest BCUT2D eigenvalue weighted by atomic mass is 10.1. The normalized spacial score (nSPS) is 10.6. The zero-order valence-electron chi connectivity index (χ0n) is 15.8. The van der Waals surface area contributed by atoms with Gasteiger partial charge < -0.3 is 10.1 Å². The van der Waals surface area contributed by atoms with Gasteiger partial charge in [0.1, 0.15) is 5.69 Å². The summed E-state index contributed by atoms with van der Waals surface area (Å²) in [4.78, 5) is 38.8. The lowest BCUT2D eigenvalue weighted by Crippen LogP contribution is -2.22. The van der Waals surface area contributed by atoms with Crippen LogP contribution >= 0.6 is 23.4 Å². The van der Waals surface area contributed by atoms with Crippen molar-refractivity contribution < 1.29 is 19.2 Å². The van der Waals surface area contributed by atoms with Gasteiger partial charge in [-0.3, -0.25) is 19.7 Å². The molecule has 1 N–H and O–H groups in total. The van der Waals surface area contributed by atoms with E-state index in [2.05, 4.69) is 10.3 Å². The summed E-state index contributed by atoms with van der Waals surface area (Å²) in [6.07, 6.45) is 0. The molecule has 8 nitrogen and oxygen atoms in total. The molecule has 0 fully saturated rings. The molecule has 1 amide bonds. The number of benzene rings is 2. The second kappa shape index (κ2) is 9.55. The number of nitrogens with zero attached hydrogens (tertiary/aromatic N) is 2. The quantitative estimate of drug-likeness (QED) is 0.248. The van der Waals surface area contributed by atoms with Gasteiger partial charge in [-0.25, -0.2) is 4.98 Å². The molecule has 0 bridgehead atoms. The molecule has 0 radical (unpaired) electrons. The van der Waals surface area contributed by atoms with Crippen molar-refractivity contribution in [3.8, 4) is 0 Å². The smallest absolute Gasteiger partial charge is 0.316 e. The SMILES string of the molecule is Cc1cc(SCC(=O)OCC(=O)Nc2ccc(Cl)cc2[N+](=O)[O-])nc2ccccc12. The molecule has 3 aromatic rings. The van der Waals surface area contributed by atoms with Gasteiger partial charge in [-0.1, -0.05) is 41.6 Å². The zero-order valence-corrected chi connectivity index (χ0v) is 17.3. The summed E-state index contributed by atoms with van der Waals surface area (Å²) in [6.45, 7) is 1.40. The van der Waals surface area contributed by atoms with Crippen LogP contribution < -0.4 is 5.32 Å². The minimum atomic E-state index is -0.696. The number of carbonyl (C=O) groups excluding carboxylic acids is 2. The molecule has 0 unspecified atom stereocenters. The molecule has 0 aliphatic carbocycles. The number of para-hydroxylation sites is 1. The van der Waals surface area contributed by atoms with Crippen LogP contribution in [0.15, 0.2) is 53.6 Å². The van der Waals surface area contributed by atoms with Gasteiger partial charge in [0.15, 0.2) is 6.61 Å². The van der Waals surface area contributed by atoms with Gasteiger partial charge in [0.05, 0.1) is 21.2 Å². The van der Waals surface area contributed by atoms with E-state index < -0.39 is 23.4 Å². The van der Waals surface area contributed by atoms with Crippen LogP contribution in [0.25, 0.3) is 10.9 Å². The Hall–Kier alpha value is -3.17. The molecule has 0 atom stereocenters. The molecule has 0 saturated carbocycles. The zero-order chi connectivity index (χ0) is 21.7. The van der Waals surface area contributed by atoms with Gasteiger partial charge in [0, 0.05) is 16.5 Å². The van der Waals surface area contributed by atoms with Gasteiger partial charge >= 0.3 is 5.97 Å². The largest absolute Gasteiger partial charge is 0.455 e. The predicted molar refractivity (Wildman–Crippen MR) is 115 cm³/mol. The molecular weight excluding hydrogens is 430 g/mol. The molecule has 2 aromatic carbocycles. The summed E-state index contributed by atoms with van der Waals surface area (Å²) >= 11 is 6.93. The van der Waals surface area contributed by atoms with E-state index >= 15 is 0 Å². The van der Waals surface area contributed by atoms with Gasteiger partial charge in [-0.15, -0.1) is 0 Å². The Balaban J connectivity index is 1.53. The Morgan fingerprint density at radius 3 is 2.77 bits per heavy atom. The third-order valence-electron chi connectivity index (χ3n) is 4.03. The van der Waals surface area contributed by atoms with Crippen LogP contribution in [-0.2, 0) is 14.3 Å². The van der Waals surface area contributed by atoms with Crippen LogP contribution in [0.5, 0.6) is 0 Å². The van der Waals surface area contributed by atoms with E-state index in [1.165, 1.54) is 23.9 Å². The fourth-order valence-corrected chi connectivity index (χ4v) is 3.60. The number of anilines is 1. The number of aromatic nitrogens is 1. The number of nitrogens with one attached hydrogen (secondary N) is 1. The Morgan fingerprint density at radius 1 is 1.23 bits per heavy atom. The highest BCUT2D eigenvalue weighted by atomic mass is 35.5. The van der Waals surface area contributed by atoms with E-state index in [4.69, 9.17) is 16.3 Å². The van der Waals surface area contributed by atoms with Crippen LogP contribution in [0.3, 0.4) is 0 Å². The van der Waals surface area contributed by atoms with Crippen molar-refractivity contribution >= 4 is 57.5 Å². The predicted octanol–water partition coefficient (Wildman–Crippen LogP) is 4.38. The van der Waals surface area contributed by atoms with Crippen LogP contribution in [-0.4, -0.2) is 34.1 Å². The summed E-state index contributed by atoms with van der Waals surface area (Å²) < 4.78 is 4.94. The number of fused-ring (bicyclic) bond motifs is 1. The maximum Gasteiger partial charge on any atom is 0.316 e. The van der Waals surface area contributed by atoms with Gasteiger partial charge in [-0.05, 0) is 36.8 Å². The standard InChI is InChI=1S/C20H16ClN3O5S/c1-12-8-19(23-15-5-3-2-4-14(12)15)30-11-20(26)29-10-18(25)22-16-7-6-13(21)9-17(16)24(27)28/h2-9H,10-11H2,1H3,(H,22,25). The molecule has 1 heterocycles. The number of pyridine rings is 1. The second-order valence-corrected chi connectivity index (χ2v) is 7.64. The van der Waals surface area contributed by atoms with Crippen LogP contribution in [0.2, 0.25) is 5.02 Å². The van der Waals surface area contributed by atoms with Crippen molar-refractivity contribution in [3.63, 3.8) is 0 Å². The van der Waals surface area contributed by atoms with E-state index in [-0.39, 0.29) is 22.2 Å². The Kier molecular flexibility index (Phi) is 6.86. The molecule has 30 heavy (non-hydrogen) atoms. The lowest BCUT2D eigenvalue weighted by Gasteiger charge is -2.08. The number of nitro benzene ring substituents is 1. The molecule has 0 aliphatic heterocycles. The number of hydrogen-bond donors (Lipinski definition) is 1. The summed E-state index contributed by atoms with van der Waals surface area (Å²) in [5.74, 6) is -1.33. The number of nitro groups is 1. The molecule has 0 saturated heterocycles. The molecule has 3 rings (SSSR count). The van der Waals surface area contributed by atoms with Crippen molar-refractivity contribution in [2.45, 2.75) is 11.9 Å². The second-order valence-electron chi connectivity index (χ2n) is 6.21. The molecule has 0 aliphatic rings. The number of amides is 1. The van der Waals surface area contributed by atoms with Crippen LogP contribution in [0, 0.1) is 17.0 Å². The fourth-order valence-electron chi connectivity index (χ4n) is 2.66. The first kappa shape index (κ1) is 21.5. The van der Waals surface area contributed by atoms with Crippen molar-refractivity contribution in [2.75, 3.05) is 17.7 Å². The average Bonchev–Trinajstić information content (AvgIpc) is 2.72. The van der Waals surface area contributed by atoms with E-state index in [0.29, 0.717) is 5.03 Å². The average molecular weight is 446 g/mol. The number of rotatable bonds is 7. The first-order chi connectivity index (χ1) is 14.3. The van der Waals surface area contributed by atoms with Gasteiger partial charge in [0.25, 0.3) is 11.6 Å². The summed E-state index contributed by atoms with van der Waals surface area (Å²) in [7, 11) is 0. The molecular formula is C20H16ClN3O5S. The number of hydrogen-bond acceptors (Lipinski definition) is 7. The minimum absolute atomic E-state index is 0.0286. The molecule has 1 aromatic heterocycles. The molecule has 0 spiro atoms. The van der Waals surface area contributed by atoms with E-state index in [1.54, 1.807) is 0 Å². The number of esters is 1. The minimum Gasteiger partial charge on any atom is -0.455 e.